The predicted octanol–water partition coefficient (Wildman–Crippen LogP) is 4.03. The number of hydrogen-bond donors (Lipinski definition) is 1. The highest BCUT2D eigenvalue weighted by atomic mass is 19.1. The SMILES string of the molecule is CCNC(C)c1ccccc1-c1cc(F)cc(C#N)c1. The molecule has 20 heavy (non-hydrogen) atoms. The summed E-state index contributed by atoms with van der Waals surface area (Å²) in [5.74, 6) is -0.384. The summed E-state index contributed by atoms with van der Waals surface area (Å²) in [6.07, 6.45) is 0. The molecule has 1 N–H and O–H groups in total. The zero-order valence-electron chi connectivity index (χ0n) is 11.7. The molecule has 0 saturated carbocycles. The Morgan fingerprint density at radius 2 is 2.00 bits per heavy atom. The fourth-order valence-corrected chi connectivity index (χ4v) is 2.36. The van der Waals surface area contributed by atoms with Crippen molar-refractivity contribution in [3.63, 3.8) is 0 Å². The summed E-state index contributed by atoms with van der Waals surface area (Å²) in [6, 6.07) is 14.5. The first-order chi connectivity index (χ1) is 9.65. The second-order valence-corrected chi connectivity index (χ2v) is 4.71. The topological polar surface area (TPSA) is 35.8 Å². The molecule has 0 saturated heterocycles. The molecular weight excluding hydrogens is 251 g/mol. The van der Waals surface area contributed by atoms with Crippen molar-refractivity contribution in [1.82, 2.24) is 5.32 Å². The molecule has 2 nitrogen and oxygen atoms in total. The monoisotopic (exact) mass is 268 g/mol. The number of halogens is 1. The first kappa shape index (κ1) is 14.2. The van der Waals surface area contributed by atoms with Crippen LogP contribution in [0.2, 0.25) is 0 Å². The Kier molecular flexibility index (Phi) is 4.49. The molecule has 0 spiro atoms. The number of rotatable bonds is 4. The number of hydrogen-bond acceptors (Lipinski definition) is 2. The van der Waals surface area contributed by atoms with E-state index in [1.807, 2.05) is 30.3 Å². The van der Waals surface area contributed by atoms with Gasteiger partial charge in [0.25, 0.3) is 0 Å². The van der Waals surface area contributed by atoms with Gasteiger partial charge in [0.2, 0.25) is 0 Å². The number of benzene rings is 2. The van der Waals surface area contributed by atoms with Crippen molar-refractivity contribution in [2.45, 2.75) is 19.9 Å². The van der Waals surface area contributed by atoms with Crippen LogP contribution in [0.4, 0.5) is 4.39 Å². The Labute approximate surface area is 118 Å². The van der Waals surface area contributed by atoms with E-state index in [4.69, 9.17) is 5.26 Å². The van der Waals surface area contributed by atoms with Crippen LogP contribution < -0.4 is 5.32 Å². The molecule has 0 radical (unpaired) electrons. The zero-order chi connectivity index (χ0) is 14.5. The van der Waals surface area contributed by atoms with Gasteiger partial charge in [-0.2, -0.15) is 5.26 Å². The van der Waals surface area contributed by atoms with E-state index in [1.54, 1.807) is 6.07 Å². The quantitative estimate of drug-likeness (QED) is 0.908. The minimum Gasteiger partial charge on any atom is -0.310 e. The maximum atomic E-state index is 13.6. The van der Waals surface area contributed by atoms with Crippen molar-refractivity contribution in [2.75, 3.05) is 6.54 Å². The van der Waals surface area contributed by atoms with Crippen molar-refractivity contribution in [1.29, 1.82) is 5.26 Å². The predicted molar refractivity (Wildman–Crippen MR) is 78.6 cm³/mol. The molecule has 1 atom stereocenters. The van der Waals surface area contributed by atoms with Crippen LogP contribution in [0.25, 0.3) is 11.1 Å². The molecule has 0 fully saturated rings. The van der Waals surface area contributed by atoms with Crippen LogP contribution >= 0.6 is 0 Å². The van der Waals surface area contributed by atoms with Crippen LogP contribution in [0.1, 0.15) is 31.0 Å². The Balaban J connectivity index is 2.53. The molecule has 0 aliphatic rings. The van der Waals surface area contributed by atoms with E-state index in [0.29, 0.717) is 5.56 Å². The molecule has 3 heteroatoms. The molecule has 0 heterocycles. The van der Waals surface area contributed by atoms with Crippen molar-refractivity contribution in [2.24, 2.45) is 0 Å². The highest BCUT2D eigenvalue weighted by Gasteiger charge is 2.12. The van der Waals surface area contributed by atoms with E-state index in [2.05, 4.69) is 19.2 Å². The fraction of sp³-hybridized carbons (Fsp3) is 0.235. The van der Waals surface area contributed by atoms with E-state index < -0.39 is 0 Å². The van der Waals surface area contributed by atoms with Crippen molar-refractivity contribution < 1.29 is 4.39 Å². The van der Waals surface area contributed by atoms with Gasteiger partial charge in [0.15, 0.2) is 0 Å². The average molecular weight is 268 g/mol. The Bertz CT molecular complexity index is 644. The third-order valence-corrected chi connectivity index (χ3v) is 3.28. The van der Waals surface area contributed by atoms with Crippen LogP contribution in [-0.2, 0) is 0 Å². The maximum Gasteiger partial charge on any atom is 0.125 e. The molecule has 0 aliphatic heterocycles. The highest BCUT2D eigenvalue weighted by molar-refractivity contribution is 5.69. The zero-order valence-corrected chi connectivity index (χ0v) is 11.7. The minimum atomic E-state index is -0.384. The lowest BCUT2D eigenvalue weighted by Gasteiger charge is -2.17. The van der Waals surface area contributed by atoms with Crippen LogP contribution in [0.5, 0.6) is 0 Å². The molecule has 0 aromatic heterocycles. The summed E-state index contributed by atoms with van der Waals surface area (Å²) in [7, 11) is 0. The fourth-order valence-electron chi connectivity index (χ4n) is 2.36. The second kappa shape index (κ2) is 6.31. The third kappa shape index (κ3) is 3.04. The van der Waals surface area contributed by atoms with Crippen LogP contribution in [0.3, 0.4) is 0 Å². The third-order valence-electron chi connectivity index (χ3n) is 3.28. The van der Waals surface area contributed by atoms with Gasteiger partial charge in [-0.05, 0) is 48.4 Å². The van der Waals surface area contributed by atoms with Crippen LogP contribution in [-0.4, -0.2) is 6.54 Å². The van der Waals surface area contributed by atoms with Gasteiger partial charge < -0.3 is 5.32 Å². The van der Waals surface area contributed by atoms with Crippen LogP contribution in [0, 0.1) is 17.1 Å². The Morgan fingerprint density at radius 1 is 1.25 bits per heavy atom. The molecular formula is C17H17FN2. The van der Waals surface area contributed by atoms with Crippen molar-refractivity contribution in [3.05, 3.63) is 59.4 Å². The lowest BCUT2D eigenvalue weighted by atomic mass is 9.94. The van der Waals surface area contributed by atoms with E-state index >= 15 is 0 Å². The van der Waals surface area contributed by atoms with E-state index in [9.17, 15) is 4.39 Å². The van der Waals surface area contributed by atoms with Gasteiger partial charge in [-0.15, -0.1) is 0 Å². The Morgan fingerprint density at radius 3 is 2.70 bits per heavy atom. The van der Waals surface area contributed by atoms with Crippen molar-refractivity contribution in [3.8, 4) is 17.2 Å². The van der Waals surface area contributed by atoms with E-state index in [1.165, 1.54) is 12.1 Å². The molecule has 2 aromatic rings. The molecule has 1 unspecified atom stereocenters. The largest absolute Gasteiger partial charge is 0.310 e. The standard InChI is InChI=1S/C17H17FN2/c1-3-20-12(2)16-6-4-5-7-17(16)14-8-13(11-19)9-15(18)10-14/h4-10,12,20H,3H2,1-2H3. The summed E-state index contributed by atoms with van der Waals surface area (Å²) in [6.45, 7) is 4.99. The van der Waals surface area contributed by atoms with Crippen LogP contribution in [0.15, 0.2) is 42.5 Å². The van der Waals surface area contributed by atoms with Crippen molar-refractivity contribution >= 4 is 0 Å². The van der Waals surface area contributed by atoms with Gasteiger partial charge >= 0.3 is 0 Å². The molecule has 2 rings (SSSR count). The van der Waals surface area contributed by atoms with Gasteiger partial charge in [-0.3, -0.25) is 0 Å². The summed E-state index contributed by atoms with van der Waals surface area (Å²) in [4.78, 5) is 0. The number of nitrogens with one attached hydrogen (secondary N) is 1. The summed E-state index contributed by atoms with van der Waals surface area (Å²) in [5.41, 5.74) is 3.13. The summed E-state index contributed by atoms with van der Waals surface area (Å²) >= 11 is 0. The van der Waals surface area contributed by atoms with E-state index in [-0.39, 0.29) is 11.9 Å². The van der Waals surface area contributed by atoms with Gasteiger partial charge in [-0.1, -0.05) is 31.2 Å². The molecule has 102 valence electrons. The average Bonchev–Trinajstić information content (AvgIpc) is 2.46. The van der Waals surface area contributed by atoms with Gasteiger partial charge in [0.1, 0.15) is 5.82 Å². The maximum absolute atomic E-state index is 13.6. The molecule has 2 aromatic carbocycles. The first-order valence-corrected chi connectivity index (χ1v) is 6.69. The lowest BCUT2D eigenvalue weighted by molar-refractivity contribution is 0.599. The Hall–Kier alpha value is -2.18. The van der Waals surface area contributed by atoms with Gasteiger partial charge in [0.05, 0.1) is 11.6 Å². The smallest absolute Gasteiger partial charge is 0.125 e. The first-order valence-electron chi connectivity index (χ1n) is 6.69. The second-order valence-electron chi connectivity index (χ2n) is 4.71. The highest BCUT2D eigenvalue weighted by Crippen LogP contribution is 2.29. The summed E-state index contributed by atoms with van der Waals surface area (Å²) in [5, 5.41) is 12.3. The number of nitriles is 1. The molecule has 0 bridgehead atoms. The summed E-state index contributed by atoms with van der Waals surface area (Å²) < 4.78 is 13.6. The van der Waals surface area contributed by atoms with E-state index in [0.717, 1.165) is 23.2 Å². The molecule has 0 aliphatic carbocycles. The minimum absolute atomic E-state index is 0.171. The normalized spacial score (nSPS) is 11.9. The van der Waals surface area contributed by atoms with Gasteiger partial charge in [0, 0.05) is 6.04 Å². The number of nitrogens with zero attached hydrogens (tertiary/aromatic N) is 1. The molecule has 0 amide bonds. The lowest BCUT2D eigenvalue weighted by Crippen LogP contribution is -2.18. The van der Waals surface area contributed by atoms with Gasteiger partial charge in [-0.25, -0.2) is 4.39 Å².